The standard InChI is InChI=1S/C22H39N5O4/c1-12(2)9-16(20(30)24-8)25-19(29)14(4)26-22(6,11-28)27-15(5)18(27)13(3)10-17(23-7)21(27)31/h11-18,23,26H,9-10H2,1-8H3,(H-,24,25,29,30)/p+1. The molecule has 8 unspecified atom stereocenters. The van der Waals surface area contributed by atoms with Gasteiger partial charge in [-0.2, -0.15) is 0 Å². The first kappa shape index (κ1) is 25.4. The van der Waals surface area contributed by atoms with Gasteiger partial charge in [0.25, 0.3) is 0 Å². The fourth-order valence-electron chi connectivity index (χ4n) is 5.73. The minimum atomic E-state index is -1.25. The van der Waals surface area contributed by atoms with E-state index in [0.717, 1.165) is 12.7 Å². The average Bonchev–Trinajstić information content (AvgIpc) is 3.37. The topological polar surface area (TPSA) is 116 Å². The smallest absolute Gasteiger partial charge is 0.333 e. The molecule has 2 saturated heterocycles. The second-order valence-corrected chi connectivity index (χ2v) is 9.84. The zero-order valence-electron chi connectivity index (χ0n) is 20.1. The first-order valence-electron chi connectivity index (χ1n) is 11.3. The number of likely N-dealkylation sites (N-methyl/N-ethyl adjacent to an activating group) is 2. The molecular formula is C22H40N5O4+. The van der Waals surface area contributed by atoms with E-state index in [-0.39, 0.29) is 52.2 Å². The van der Waals surface area contributed by atoms with Crippen molar-refractivity contribution in [3.8, 4) is 0 Å². The summed E-state index contributed by atoms with van der Waals surface area (Å²) in [4.78, 5) is 50.9. The maximum absolute atomic E-state index is 13.4. The van der Waals surface area contributed by atoms with Crippen LogP contribution >= 0.6 is 0 Å². The van der Waals surface area contributed by atoms with Gasteiger partial charge in [0.15, 0.2) is 12.3 Å². The third-order valence-corrected chi connectivity index (χ3v) is 7.21. The molecule has 0 spiro atoms. The van der Waals surface area contributed by atoms with Crippen LogP contribution in [0.15, 0.2) is 0 Å². The van der Waals surface area contributed by atoms with Crippen molar-refractivity contribution in [1.82, 2.24) is 21.3 Å². The maximum atomic E-state index is 13.4. The molecule has 2 fully saturated rings. The van der Waals surface area contributed by atoms with E-state index in [2.05, 4.69) is 28.2 Å². The lowest BCUT2D eigenvalue weighted by atomic mass is 9.91. The lowest BCUT2D eigenvalue weighted by molar-refractivity contribution is -0.803. The van der Waals surface area contributed by atoms with Crippen LogP contribution < -0.4 is 21.3 Å². The highest BCUT2D eigenvalue weighted by Crippen LogP contribution is 2.54. The van der Waals surface area contributed by atoms with E-state index in [4.69, 9.17) is 0 Å². The number of piperidine rings is 1. The summed E-state index contributed by atoms with van der Waals surface area (Å²) in [5, 5.41) is 11.6. The lowest BCUT2D eigenvalue weighted by Gasteiger charge is -2.41. The van der Waals surface area contributed by atoms with Crippen LogP contribution in [0.1, 0.15) is 54.4 Å². The minimum absolute atomic E-state index is 0.00562. The lowest BCUT2D eigenvalue weighted by Crippen LogP contribution is -2.72. The van der Waals surface area contributed by atoms with Gasteiger partial charge in [0, 0.05) is 19.9 Å². The van der Waals surface area contributed by atoms with Crippen LogP contribution in [0.2, 0.25) is 0 Å². The number of amides is 3. The molecule has 0 bridgehead atoms. The Hall–Kier alpha value is -1.84. The van der Waals surface area contributed by atoms with E-state index in [9.17, 15) is 19.2 Å². The first-order valence-corrected chi connectivity index (χ1v) is 11.3. The van der Waals surface area contributed by atoms with Crippen LogP contribution in [0.4, 0.5) is 0 Å². The predicted octanol–water partition coefficient (Wildman–Crippen LogP) is -0.102. The normalized spacial score (nSPS) is 33.6. The molecule has 176 valence electrons. The zero-order chi connectivity index (χ0) is 23.7. The van der Waals surface area contributed by atoms with Crippen LogP contribution in [0.3, 0.4) is 0 Å². The fourth-order valence-corrected chi connectivity index (χ4v) is 5.73. The van der Waals surface area contributed by atoms with Gasteiger partial charge in [-0.25, -0.2) is 14.6 Å². The predicted molar refractivity (Wildman–Crippen MR) is 118 cm³/mol. The van der Waals surface area contributed by atoms with E-state index in [1.807, 2.05) is 20.8 Å². The van der Waals surface area contributed by atoms with Gasteiger partial charge in [-0.05, 0) is 39.7 Å². The average molecular weight is 439 g/mol. The summed E-state index contributed by atoms with van der Waals surface area (Å²) < 4.78 is 0.00562. The third-order valence-electron chi connectivity index (χ3n) is 7.21. The molecular weight excluding hydrogens is 398 g/mol. The Morgan fingerprint density at radius 2 is 1.81 bits per heavy atom. The summed E-state index contributed by atoms with van der Waals surface area (Å²) in [5.41, 5.74) is -1.25. The third kappa shape index (κ3) is 4.27. The molecule has 0 saturated carbocycles. The fraction of sp³-hybridized carbons (Fsp3) is 0.818. The van der Waals surface area contributed by atoms with Gasteiger partial charge in [-0.1, -0.05) is 20.8 Å². The Morgan fingerprint density at radius 1 is 1.19 bits per heavy atom. The zero-order valence-corrected chi connectivity index (χ0v) is 20.1. The largest absolute Gasteiger partial charge is 0.357 e. The number of nitrogens with zero attached hydrogens (tertiary/aromatic N) is 1. The molecule has 2 rings (SSSR count). The Labute approximate surface area is 185 Å². The van der Waals surface area contributed by atoms with Gasteiger partial charge in [-0.3, -0.25) is 14.4 Å². The molecule has 0 aliphatic carbocycles. The van der Waals surface area contributed by atoms with Crippen molar-refractivity contribution >= 4 is 24.0 Å². The van der Waals surface area contributed by atoms with Gasteiger partial charge in [0.2, 0.25) is 17.5 Å². The molecule has 0 aromatic heterocycles. The molecule has 9 heteroatoms. The maximum Gasteiger partial charge on any atom is 0.333 e. The summed E-state index contributed by atoms with van der Waals surface area (Å²) in [5.74, 6) is -0.176. The molecule has 31 heavy (non-hydrogen) atoms. The van der Waals surface area contributed by atoms with Crippen molar-refractivity contribution in [2.75, 3.05) is 14.1 Å². The van der Waals surface area contributed by atoms with Gasteiger partial charge < -0.3 is 16.0 Å². The van der Waals surface area contributed by atoms with Crippen LogP contribution in [0, 0.1) is 11.8 Å². The minimum Gasteiger partial charge on any atom is -0.357 e. The Morgan fingerprint density at radius 3 is 2.29 bits per heavy atom. The van der Waals surface area contributed by atoms with Gasteiger partial charge in [0.1, 0.15) is 18.1 Å². The van der Waals surface area contributed by atoms with Crippen molar-refractivity contribution in [1.29, 1.82) is 0 Å². The summed E-state index contributed by atoms with van der Waals surface area (Å²) in [6.07, 6.45) is 2.00. The van der Waals surface area contributed by atoms with Crippen LogP contribution in [0.25, 0.3) is 0 Å². The summed E-state index contributed by atoms with van der Waals surface area (Å²) in [6, 6.07) is -1.74. The van der Waals surface area contributed by atoms with Crippen molar-refractivity contribution < 1.29 is 23.7 Å². The molecule has 3 amide bonds. The number of hydrogen-bond acceptors (Lipinski definition) is 6. The number of nitrogens with one attached hydrogen (secondary N) is 4. The molecule has 2 heterocycles. The number of aldehydes is 1. The number of carbonyl (C=O) groups excluding carboxylic acids is 4. The number of quaternary nitrogens is 1. The monoisotopic (exact) mass is 438 g/mol. The van der Waals surface area contributed by atoms with E-state index in [1.165, 1.54) is 7.05 Å². The highest BCUT2D eigenvalue weighted by Gasteiger charge is 2.80. The molecule has 9 nitrogen and oxygen atoms in total. The summed E-state index contributed by atoms with van der Waals surface area (Å²) in [6.45, 7) is 11.4. The number of rotatable bonds is 10. The highest BCUT2D eigenvalue weighted by molar-refractivity contribution is 5.90. The second-order valence-electron chi connectivity index (χ2n) is 9.84. The van der Waals surface area contributed by atoms with Gasteiger partial charge in [0.05, 0.1) is 6.04 Å². The number of hydrogen-bond donors (Lipinski definition) is 4. The molecule has 0 aromatic rings. The summed E-state index contributed by atoms with van der Waals surface area (Å²) >= 11 is 0. The molecule has 2 aliphatic rings. The molecule has 8 atom stereocenters. The molecule has 0 radical (unpaired) electrons. The van der Waals surface area contributed by atoms with E-state index < -0.39 is 17.7 Å². The quantitative estimate of drug-likeness (QED) is 0.215. The number of fused-ring (bicyclic) bond motifs is 1. The first-order chi connectivity index (χ1) is 14.4. The van der Waals surface area contributed by atoms with E-state index >= 15 is 0 Å². The van der Waals surface area contributed by atoms with E-state index in [1.54, 1.807) is 20.9 Å². The van der Waals surface area contributed by atoms with Gasteiger partial charge in [-0.15, -0.1) is 0 Å². The Kier molecular flexibility index (Phi) is 7.66. The SMILES string of the molecule is CNC(=O)C(CC(C)C)NC(=O)C(C)NC(C)(C=O)[N+]12C(=O)C(NC)CC(C)C1C2C. The Bertz CT molecular complexity index is 729. The highest BCUT2D eigenvalue weighted by atomic mass is 16.2. The van der Waals surface area contributed by atoms with Crippen LogP contribution in [-0.2, 0) is 19.2 Å². The second kappa shape index (κ2) is 9.34. The van der Waals surface area contributed by atoms with Crippen LogP contribution in [0.5, 0.6) is 0 Å². The van der Waals surface area contributed by atoms with Crippen molar-refractivity contribution in [3.05, 3.63) is 0 Å². The molecule has 4 N–H and O–H groups in total. The number of carbonyl (C=O) groups is 4. The summed E-state index contributed by atoms with van der Waals surface area (Å²) in [7, 11) is 3.29. The van der Waals surface area contributed by atoms with Crippen molar-refractivity contribution in [2.24, 2.45) is 11.8 Å². The van der Waals surface area contributed by atoms with E-state index in [0.29, 0.717) is 6.42 Å². The van der Waals surface area contributed by atoms with Gasteiger partial charge >= 0.3 is 5.91 Å². The Balaban J connectivity index is 2.24. The van der Waals surface area contributed by atoms with Crippen molar-refractivity contribution in [2.45, 2.75) is 90.3 Å². The van der Waals surface area contributed by atoms with Crippen LogP contribution in [-0.4, -0.2) is 78.5 Å². The molecule has 2 aliphatic heterocycles. The molecule has 0 aromatic carbocycles. The van der Waals surface area contributed by atoms with Crippen molar-refractivity contribution in [3.63, 3.8) is 0 Å².